The molecule has 0 N–H and O–H groups in total. The lowest BCUT2D eigenvalue weighted by Gasteiger charge is -2.43. The smallest absolute Gasteiger partial charge is 0.0104 e. The maximum atomic E-state index is 2.51. The van der Waals surface area contributed by atoms with E-state index >= 15 is 0 Å². The van der Waals surface area contributed by atoms with Crippen LogP contribution in [0.15, 0.2) is 82.5 Å². The molecule has 0 aromatic heterocycles. The summed E-state index contributed by atoms with van der Waals surface area (Å²) in [7, 11) is 0. The molecule has 1 unspecified atom stereocenters. The monoisotopic (exact) mass is 545 g/mol. The van der Waals surface area contributed by atoms with Gasteiger partial charge in [0.1, 0.15) is 0 Å². The average molecular weight is 545 g/mol. The Kier molecular flexibility index (Phi) is 14.3. The molecule has 0 bridgehead atoms. The van der Waals surface area contributed by atoms with Gasteiger partial charge in [0.15, 0.2) is 0 Å². The van der Waals surface area contributed by atoms with E-state index in [9.17, 15) is 0 Å². The molecule has 224 valence electrons. The molecule has 0 aliphatic heterocycles. The van der Waals surface area contributed by atoms with Crippen molar-refractivity contribution in [2.45, 2.75) is 140 Å². The van der Waals surface area contributed by atoms with Crippen molar-refractivity contribution in [3.05, 3.63) is 82.5 Å². The van der Waals surface area contributed by atoms with Crippen molar-refractivity contribution in [1.29, 1.82) is 0 Å². The second-order valence-corrected chi connectivity index (χ2v) is 14.8. The van der Waals surface area contributed by atoms with Crippen molar-refractivity contribution in [3.8, 4) is 0 Å². The van der Waals surface area contributed by atoms with Crippen LogP contribution in [-0.2, 0) is 0 Å². The van der Waals surface area contributed by atoms with Crippen molar-refractivity contribution in [2.24, 2.45) is 28.6 Å². The molecule has 0 heteroatoms. The zero-order valence-electron chi connectivity index (χ0n) is 28.2. The molecule has 2 aliphatic carbocycles. The van der Waals surface area contributed by atoms with Gasteiger partial charge in [-0.25, -0.2) is 0 Å². The van der Waals surface area contributed by atoms with Gasteiger partial charge in [0.2, 0.25) is 0 Å². The SMILES string of the molecule is CC1=C(/C=C/C(C)=C/C=C/C(C)=C/CC/C=C(C)/C=C/CC(C)CC[C@H]2[C@H](C)CCCC2(C)C)C(C)(C)CCC1. The van der Waals surface area contributed by atoms with E-state index in [0.717, 1.165) is 30.6 Å². The molecule has 0 nitrogen and oxygen atoms in total. The van der Waals surface area contributed by atoms with Crippen molar-refractivity contribution in [3.63, 3.8) is 0 Å². The summed E-state index contributed by atoms with van der Waals surface area (Å²) in [5.74, 6) is 2.58. The summed E-state index contributed by atoms with van der Waals surface area (Å²) in [6.45, 7) is 23.7. The number of hydrogen-bond donors (Lipinski definition) is 0. The molecule has 3 atom stereocenters. The van der Waals surface area contributed by atoms with E-state index < -0.39 is 0 Å². The Morgan fingerprint density at radius 2 is 1.57 bits per heavy atom. The fraction of sp³-hybridized carbons (Fsp3) is 0.650. The topological polar surface area (TPSA) is 0 Å². The first kappa shape index (κ1) is 34.4. The Hall–Kier alpha value is -1.82. The summed E-state index contributed by atoms with van der Waals surface area (Å²) in [5.41, 5.74) is 7.97. The fourth-order valence-corrected chi connectivity index (χ4v) is 7.17. The number of unbranched alkanes of at least 4 members (excludes halogenated alkanes) is 1. The molecule has 0 heterocycles. The largest absolute Gasteiger partial charge is 0.0840 e. The van der Waals surface area contributed by atoms with Crippen LogP contribution < -0.4 is 0 Å². The van der Waals surface area contributed by atoms with Gasteiger partial charge < -0.3 is 0 Å². The summed E-state index contributed by atoms with van der Waals surface area (Å²) in [4.78, 5) is 0. The van der Waals surface area contributed by atoms with Crippen LogP contribution in [0.4, 0.5) is 0 Å². The molecule has 0 spiro atoms. The molecular weight excluding hydrogens is 480 g/mol. The molecule has 1 fully saturated rings. The standard InChI is InChI=1S/C40H64/c1-31(19-13-21-33(3)25-27-37-35(5)23-15-29-39(37,7)8)17-11-12-18-32(2)20-14-22-34(4)26-28-38-36(6)24-16-30-40(38,9)10/h13-14,17-21,25,27,34,36,38H,11-12,15-16,22-24,26,28-30H2,1-10H3/b19-13+,20-14+,27-25+,31-17+,32-18+,33-21+/t34?,36-,38+/m1/s1. The van der Waals surface area contributed by atoms with E-state index in [2.05, 4.69) is 124 Å². The van der Waals surface area contributed by atoms with Crippen molar-refractivity contribution in [1.82, 2.24) is 0 Å². The van der Waals surface area contributed by atoms with E-state index in [0.29, 0.717) is 10.8 Å². The highest BCUT2D eigenvalue weighted by molar-refractivity contribution is 5.37. The minimum atomic E-state index is 0.306. The first-order valence-electron chi connectivity index (χ1n) is 16.5. The van der Waals surface area contributed by atoms with Crippen molar-refractivity contribution in [2.75, 3.05) is 0 Å². The molecule has 0 radical (unpaired) electrons. The van der Waals surface area contributed by atoms with Crippen LogP contribution in [0.5, 0.6) is 0 Å². The van der Waals surface area contributed by atoms with Gasteiger partial charge >= 0.3 is 0 Å². The number of allylic oxidation sites excluding steroid dienone is 14. The Morgan fingerprint density at radius 3 is 2.23 bits per heavy atom. The Balaban J connectivity index is 1.72. The molecular formula is C40H64. The molecule has 0 aromatic carbocycles. The van der Waals surface area contributed by atoms with Crippen LogP contribution in [0.2, 0.25) is 0 Å². The third-order valence-corrected chi connectivity index (χ3v) is 9.93. The highest BCUT2D eigenvalue weighted by Crippen LogP contribution is 2.46. The Bertz CT molecular complexity index is 997. The van der Waals surface area contributed by atoms with Crippen LogP contribution in [-0.4, -0.2) is 0 Å². The summed E-state index contributed by atoms with van der Waals surface area (Å²) < 4.78 is 0. The zero-order chi connectivity index (χ0) is 29.8. The van der Waals surface area contributed by atoms with E-state index in [-0.39, 0.29) is 0 Å². The van der Waals surface area contributed by atoms with Crippen LogP contribution in [0.3, 0.4) is 0 Å². The van der Waals surface area contributed by atoms with Gasteiger partial charge in [0.25, 0.3) is 0 Å². The third-order valence-electron chi connectivity index (χ3n) is 9.93. The molecule has 1 saturated carbocycles. The lowest BCUT2D eigenvalue weighted by molar-refractivity contribution is 0.0712. The highest BCUT2D eigenvalue weighted by Gasteiger charge is 2.36. The fourth-order valence-electron chi connectivity index (χ4n) is 7.17. The normalized spacial score (nSPS) is 25.5. The van der Waals surface area contributed by atoms with Gasteiger partial charge in [0.05, 0.1) is 0 Å². The first-order chi connectivity index (χ1) is 18.8. The van der Waals surface area contributed by atoms with Gasteiger partial charge in [-0.05, 0) is 113 Å². The Labute approximate surface area is 250 Å². The summed E-state index contributed by atoms with van der Waals surface area (Å²) in [6.07, 6.45) is 35.1. The number of hydrogen-bond acceptors (Lipinski definition) is 0. The van der Waals surface area contributed by atoms with Gasteiger partial charge in [-0.1, -0.05) is 138 Å². The molecule has 2 rings (SSSR count). The first-order valence-corrected chi connectivity index (χ1v) is 16.5. The predicted molar refractivity (Wildman–Crippen MR) is 182 cm³/mol. The summed E-state index contributed by atoms with van der Waals surface area (Å²) in [6, 6.07) is 0. The maximum Gasteiger partial charge on any atom is -0.0104 e. The van der Waals surface area contributed by atoms with Crippen LogP contribution in [0.25, 0.3) is 0 Å². The molecule has 0 aromatic rings. The van der Waals surface area contributed by atoms with Gasteiger partial charge in [-0.2, -0.15) is 0 Å². The second kappa shape index (κ2) is 16.6. The van der Waals surface area contributed by atoms with Crippen LogP contribution >= 0.6 is 0 Å². The average Bonchev–Trinajstić information content (AvgIpc) is 2.85. The van der Waals surface area contributed by atoms with Crippen molar-refractivity contribution < 1.29 is 0 Å². The van der Waals surface area contributed by atoms with Crippen LogP contribution in [0.1, 0.15) is 140 Å². The summed E-state index contributed by atoms with van der Waals surface area (Å²) in [5, 5.41) is 0. The number of rotatable bonds is 13. The zero-order valence-corrected chi connectivity index (χ0v) is 28.2. The molecule has 0 saturated heterocycles. The van der Waals surface area contributed by atoms with E-state index in [4.69, 9.17) is 0 Å². The van der Waals surface area contributed by atoms with E-state index in [1.807, 2.05) is 0 Å². The Morgan fingerprint density at radius 1 is 0.900 bits per heavy atom. The quantitative estimate of drug-likeness (QED) is 0.160. The van der Waals surface area contributed by atoms with Gasteiger partial charge in [-0.15, -0.1) is 0 Å². The minimum absolute atomic E-state index is 0.306. The predicted octanol–water partition coefficient (Wildman–Crippen LogP) is 13.1. The molecule has 2 aliphatic rings. The highest BCUT2D eigenvalue weighted by atomic mass is 14.4. The van der Waals surface area contributed by atoms with Gasteiger partial charge in [0, 0.05) is 0 Å². The van der Waals surface area contributed by atoms with E-state index in [1.54, 1.807) is 5.57 Å². The molecule has 0 amide bonds. The lowest BCUT2D eigenvalue weighted by Crippen LogP contribution is -2.33. The maximum absolute atomic E-state index is 2.51. The van der Waals surface area contributed by atoms with Gasteiger partial charge in [-0.3, -0.25) is 0 Å². The van der Waals surface area contributed by atoms with Crippen LogP contribution in [0, 0.1) is 28.6 Å². The lowest BCUT2D eigenvalue weighted by atomic mass is 9.62. The summed E-state index contributed by atoms with van der Waals surface area (Å²) >= 11 is 0. The van der Waals surface area contributed by atoms with Crippen molar-refractivity contribution >= 4 is 0 Å². The van der Waals surface area contributed by atoms with E-state index in [1.165, 1.54) is 80.1 Å². The second-order valence-electron chi connectivity index (χ2n) is 14.8. The third kappa shape index (κ3) is 12.0. The minimum Gasteiger partial charge on any atom is -0.0840 e. The molecule has 40 heavy (non-hydrogen) atoms.